The van der Waals surface area contributed by atoms with Crippen LogP contribution in [0.4, 0.5) is 0 Å². The second-order valence-electron chi connectivity index (χ2n) is 11.0. The fourth-order valence-electron chi connectivity index (χ4n) is 7.29. The SMILES string of the molecule is C=CC(CCCCC)O/C(O)=C/C[P+](C1CCCCC1)(C1CCCCC1)C1CCCCC1. The van der Waals surface area contributed by atoms with Crippen molar-refractivity contribution in [3.8, 4) is 0 Å². The molecule has 0 heterocycles. The Labute approximate surface area is 200 Å². The van der Waals surface area contributed by atoms with Crippen LogP contribution in [0.5, 0.6) is 0 Å². The molecule has 0 aliphatic heterocycles. The van der Waals surface area contributed by atoms with Crippen molar-refractivity contribution in [1.82, 2.24) is 0 Å². The average Bonchev–Trinajstić information content (AvgIpc) is 2.86. The molecule has 3 rings (SSSR count). The van der Waals surface area contributed by atoms with Gasteiger partial charge in [0.2, 0.25) is 0 Å². The van der Waals surface area contributed by atoms with Crippen LogP contribution in [0, 0.1) is 0 Å². The highest BCUT2D eigenvalue weighted by Crippen LogP contribution is 2.77. The Morgan fingerprint density at radius 3 is 1.72 bits per heavy atom. The third-order valence-corrected chi connectivity index (χ3v) is 15.4. The minimum atomic E-state index is -1.20. The molecule has 3 heteroatoms. The lowest BCUT2D eigenvalue weighted by Gasteiger charge is -2.48. The first-order chi connectivity index (χ1) is 15.7. The first kappa shape index (κ1) is 26.1. The van der Waals surface area contributed by atoms with Gasteiger partial charge in [-0.05, 0) is 89.9 Å². The maximum atomic E-state index is 10.9. The molecule has 3 aliphatic carbocycles. The molecule has 1 atom stereocenters. The van der Waals surface area contributed by atoms with Crippen molar-refractivity contribution in [2.24, 2.45) is 0 Å². The van der Waals surface area contributed by atoms with Gasteiger partial charge in [-0.1, -0.05) is 51.7 Å². The van der Waals surface area contributed by atoms with Crippen molar-refractivity contribution >= 4 is 7.26 Å². The van der Waals surface area contributed by atoms with Gasteiger partial charge in [0.15, 0.2) is 0 Å². The molecule has 2 nitrogen and oxygen atoms in total. The maximum absolute atomic E-state index is 10.9. The zero-order chi connectivity index (χ0) is 22.7. The van der Waals surface area contributed by atoms with Gasteiger partial charge in [0, 0.05) is 13.3 Å². The number of ether oxygens (including phenoxy) is 1. The molecule has 184 valence electrons. The van der Waals surface area contributed by atoms with Gasteiger partial charge in [-0.3, -0.25) is 0 Å². The number of hydrogen-bond donors (Lipinski definition) is 1. The summed E-state index contributed by atoms with van der Waals surface area (Å²) in [5.74, 6) is 0.193. The maximum Gasteiger partial charge on any atom is 0.276 e. The Balaban J connectivity index is 1.81. The summed E-state index contributed by atoms with van der Waals surface area (Å²) in [4.78, 5) is 0. The summed E-state index contributed by atoms with van der Waals surface area (Å²) in [6.45, 7) is 6.19. The Kier molecular flexibility index (Phi) is 11.5. The highest BCUT2D eigenvalue weighted by molar-refractivity contribution is 7.78. The predicted molar refractivity (Wildman–Crippen MR) is 142 cm³/mol. The van der Waals surface area contributed by atoms with E-state index in [9.17, 15) is 5.11 Å². The fourth-order valence-corrected chi connectivity index (χ4v) is 14.4. The highest BCUT2D eigenvalue weighted by atomic mass is 31.2. The number of allylic oxidation sites excluding steroid dienone is 1. The number of hydrogen-bond acceptors (Lipinski definition) is 2. The van der Waals surface area contributed by atoms with Crippen LogP contribution in [0.3, 0.4) is 0 Å². The third-order valence-electron chi connectivity index (χ3n) is 8.97. The molecular weight excluding hydrogens is 411 g/mol. The van der Waals surface area contributed by atoms with E-state index in [4.69, 9.17) is 4.74 Å². The van der Waals surface area contributed by atoms with Crippen LogP contribution in [-0.2, 0) is 4.74 Å². The lowest BCUT2D eigenvalue weighted by Crippen LogP contribution is -2.37. The summed E-state index contributed by atoms with van der Waals surface area (Å²) in [5, 5.41) is 10.9. The van der Waals surface area contributed by atoms with E-state index < -0.39 is 7.26 Å². The normalized spacial score (nSPS) is 23.7. The van der Waals surface area contributed by atoms with E-state index in [0.717, 1.165) is 36.0 Å². The highest BCUT2D eigenvalue weighted by Gasteiger charge is 2.56. The van der Waals surface area contributed by atoms with Crippen LogP contribution in [-0.4, -0.2) is 34.3 Å². The Hall–Kier alpha value is -0.490. The average molecular weight is 464 g/mol. The van der Waals surface area contributed by atoms with Gasteiger partial charge >= 0.3 is 0 Å². The van der Waals surface area contributed by atoms with Crippen LogP contribution in [0.25, 0.3) is 0 Å². The van der Waals surface area contributed by atoms with Crippen LogP contribution in [0.1, 0.15) is 129 Å². The molecule has 0 aromatic carbocycles. The van der Waals surface area contributed by atoms with Gasteiger partial charge < -0.3 is 9.84 Å². The van der Waals surface area contributed by atoms with Crippen LogP contribution in [0.2, 0.25) is 0 Å². The molecular formula is C29H52O2P+. The molecule has 3 fully saturated rings. The van der Waals surface area contributed by atoms with Gasteiger partial charge in [0.05, 0.1) is 23.1 Å². The Bertz CT molecular complexity index is 508. The molecule has 1 unspecified atom stereocenters. The first-order valence-corrected chi connectivity index (χ1v) is 16.4. The van der Waals surface area contributed by atoms with Crippen molar-refractivity contribution in [3.63, 3.8) is 0 Å². The van der Waals surface area contributed by atoms with E-state index in [-0.39, 0.29) is 12.0 Å². The van der Waals surface area contributed by atoms with E-state index >= 15 is 0 Å². The lowest BCUT2D eigenvalue weighted by molar-refractivity contribution is 0.0513. The standard InChI is InChI=1S/C29H51O2P/c1-3-5-9-16-25(4-2)31-29(30)23-24-32(26-17-10-6-11-18-26,27-19-12-7-13-20-27)28-21-14-8-15-22-28/h4,23,25-28H,2-3,5-22,24H2,1H3/p+1/b29-23+. The number of aliphatic hydroxyl groups is 1. The molecule has 32 heavy (non-hydrogen) atoms. The third kappa shape index (κ3) is 7.01. The van der Waals surface area contributed by atoms with Gasteiger partial charge in [-0.2, -0.15) is 0 Å². The summed E-state index contributed by atoms with van der Waals surface area (Å²) in [6, 6.07) is 0. The van der Waals surface area contributed by atoms with Crippen LogP contribution in [0.15, 0.2) is 24.7 Å². The Morgan fingerprint density at radius 2 is 1.31 bits per heavy atom. The molecule has 0 aromatic heterocycles. The lowest BCUT2D eigenvalue weighted by atomic mass is 9.99. The quantitative estimate of drug-likeness (QED) is 0.135. The monoisotopic (exact) mass is 463 g/mol. The molecule has 0 radical (unpaired) electrons. The zero-order valence-corrected chi connectivity index (χ0v) is 22.0. The fraction of sp³-hybridized carbons (Fsp3) is 0.862. The molecule has 0 amide bonds. The Morgan fingerprint density at radius 1 is 0.844 bits per heavy atom. The largest absolute Gasteiger partial charge is 0.481 e. The molecule has 3 aliphatic rings. The number of aliphatic hydroxyl groups excluding tert-OH is 1. The van der Waals surface area contributed by atoms with Crippen molar-refractivity contribution in [1.29, 1.82) is 0 Å². The van der Waals surface area contributed by atoms with Gasteiger partial charge in [-0.15, -0.1) is 0 Å². The van der Waals surface area contributed by atoms with Crippen molar-refractivity contribution < 1.29 is 9.84 Å². The summed E-state index contributed by atoms with van der Waals surface area (Å²) in [5.41, 5.74) is 2.85. The molecule has 0 aromatic rings. The van der Waals surface area contributed by atoms with E-state index in [1.807, 2.05) is 6.08 Å². The molecule has 0 saturated heterocycles. The van der Waals surface area contributed by atoms with Crippen molar-refractivity contribution in [3.05, 3.63) is 24.7 Å². The molecule has 0 spiro atoms. The van der Waals surface area contributed by atoms with Gasteiger partial charge in [-0.25, -0.2) is 0 Å². The number of unbranched alkanes of at least 4 members (excludes halogenated alkanes) is 2. The second-order valence-corrected chi connectivity index (χ2v) is 15.5. The predicted octanol–water partition coefficient (Wildman–Crippen LogP) is 9.55. The minimum Gasteiger partial charge on any atom is -0.481 e. The summed E-state index contributed by atoms with van der Waals surface area (Å²) < 4.78 is 6.02. The van der Waals surface area contributed by atoms with Crippen molar-refractivity contribution in [2.75, 3.05) is 6.16 Å². The topological polar surface area (TPSA) is 29.5 Å². The van der Waals surface area contributed by atoms with Crippen LogP contribution >= 0.6 is 7.26 Å². The minimum absolute atomic E-state index is 0.0513. The van der Waals surface area contributed by atoms with E-state index in [1.54, 1.807) is 0 Å². The number of rotatable bonds is 12. The smallest absolute Gasteiger partial charge is 0.276 e. The van der Waals surface area contributed by atoms with Gasteiger partial charge in [0.1, 0.15) is 6.10 Å². The summed E-state index contributed by atoms with van der Waals surface area (Å²) in [7, 11) is -1.20. The van der Waals surface area contributed by atoms with E-state index in [1.165, 1.54) is 109 Å². The van der Waals surface area contributed by atoms with Crippen LogP contribution < -0.4 is 0 Å². The molecule has 1 N–H and O–H groups in total. The molecule has 0 bridgehead atoms. The molecule has 3 saturated carbocycles. The second kappa shape index (κ2) is 14.0. The van der Waals surface area contributed by atoms with E-state index in [2.05, 4.69) is 19.6 Å². The summed E-state index contributed by atoms with van der Waals surface area (Å²) in [6.07, 6.45) is 31.4. The zero-order valence-electron chi connectivity index (χ0n) is 21.1. The van der Waals surface area contributed by atoms with Crippen molar-refractivity contribution in [2.45, 2.75) is 152 Å². The summed E-state index contributed by atoms with van der Waals surface area (Å²) >= 11 is 0. The van der Waals surface area contributed by atoms with Gasteiger partial charge in [0.25, 0.3) is 5.95 Å². The first-order valence-electron chi connectivity index (χ1n) is 14.3. The van der Waals surface area contributed by atoms with E-state index in [0.29, 0.717) is 0 Å².